The minimum Gasteiger partial charge on any atom is -0.458 e. The average molecular weight is 428 g/mol. The summed E-state index contributed by atoms with van der Waals surface area (Å²) in [6.07, 6.45) is 2.46. The van der Waals surface area contributed by atoms with Gasteiger partial charge in [0.1, 0.15) is 17.2 Å². The predicted molar refractivity (Wildman–Crippen MR) is 119 cm³/mol. The molecule has 3 rings (SSSR count). The van der Waals surface area contributed by atoms with Gasteiger partial charge < -0.3 is 14.2 Å². The van der Waals surface area contributed by atoms with E-state index in [1.54, 1.807) is 60.7 Å². The molecule has 0 amide bonds. The van der Waals surface area contributed by atoms with Gasteiger partial charge in [0.15, 0.2) is 11.6 Å². The lowest BCUT2D eigenvalue weighted by atomic mass is 10.1. The number of rotatable bonds is 10. The zero-order valence-electron chi connectivity index (χ0n) is 17.2. The number of ether oxygens (including phenoxy) is 3. The number of carbonyl (C=O) groups excluding carboxylic acids is 3. The molecule has 160 valence electrons. The Labute approximate surface area is 185 Å². The Morgan fingerprint density at radius 3 is 1.44 bits per heavy atom. The number of hydrogen-bond donors (Lipinski definition) is 0. The van der Waals surface area contributed by atoms with Gasteiger partial charge >= 0.3 is 5.97 Å². The fourth-order valence-electron chi connectivity index (χ4n) is 2.66. The van der Waals surface area contributed by atoms with E-state index >= 15 is 0 Å². The molecule has 0 radical (unpaired) electrons. The highest BCUT2D eigenvalue weighted by molar-refractivity contribution is 6.05. The van der Waals surface area contributed by atoms with E-state index in [9.17, 15) is 14.4 Å². The van der Waals surface area contributed by atoms with Gasteiger partial charge in [-0.1, -0.05) is 25.3 Å². The van der Waals surface area contributed by atoms with E-state index in [1.807, 2.05) is 0 Å². The van der Waals surface area contributed by atoms with Gasteiger partial charge in [-0.2, -0.15) is 0 Å². The molecule has 0 aliphatic carbocycles. The van der Waals surface area contributed by atoms with Crippen LogP contribution < -0.4 is 14.2 Å². The van der Waals surface area contributed by atoms with Gasteiger partial charge in [-0.3, -0.25) is 9.59 Å². The van der Waals surface area contributed by atoms with Gasteiger partial charge in [0.2, 0.25) is 6.79 Å². The monoisotopic (exact) mass is 428 g/mol. The van der Waals surface area contributed by atoms with Crippen LogP contribution in [0.25, 0.3) is 0 Å². The molecule has 0 heterocycles. The van der Waals surface area contributed by atoms with Crippen LogP contribution >= 0.6 is 0 Å². The summed E-state index contributed by atoms with van der Waals surface area (Å²) >= 11 is 0. The van der Waals surface area contributed by atoms with E-state index in [-0.39, 0.29) is 18.4 Å². The summed E-state index contributed by atoms with van der Waals surface area (Å²) in [5.41, 5.74) is 1.29. The lowest BCUT2D eigenvalue weighted by Gasteiger charge is -2.10. The summed E-state index contributed by atoms with van der Waals surface area (Å²) < 4.78 is 16.3. The van der Waals surface area contributed by atoms with Crippen molar-refractivity contribution >= 4 is 17.5 Å². The van der Waals surface area contributed by atoms with Crippen LogP contribution in [0.1, 0.15) is 31.1 Å². The first-order valence-electron chi connectivity index (χ1n) is 9.61. The van der Waals surface area contributed by atoms with Crippen LogP contribution in [0.15, 0.2) is 98.1 Å². The molecular weight excluding hydrogens is 408 g/mol. The van der Waals surface area contributed by atoms with Gasteiger partial charge in [0, 0.05) is 11.1 Å². The molecule has 32 heavy (non-hydrogen) atoms. The lowest BCUT2D eigenvalue weighted by Crippen LogP contribution is -2.09. The fraction of sp³-hybridized carbons (Fsp3) is 0.0385. The molecule has 0 saturated carbocycles. The smallest absolute Gasteiger partial charge is 0.343 e. The fourth-order valence-corrected chi connectivity index (χ4v) is 2.66. The van der Waals surface area contributed by atoms with Crippen molar-refractivity contribution in [3.05, 3.63) is 115 Å². The van der Waals surface area contributed by atoms with Crippen LogP contribution in [0, 0.1) is 0 Å². The van der Waals surface area contributed by atoms with E-state index in [0.717, 1.165) is 0 Å². The van der Waals surface area contributed by atoms with Crippen molar-refractivity contribution < 1.29 is 28.6 Å². The van der Waals surface area contributed by atoms with Crippen molar-refractivity contribution in [2.24, 2.45) is 0 Å². The van der Waals surface area contributed by atoms with Gasteiger partial charge in [-0.05, 0) is 72.8 Å². The lowest BCUT2D eigenvalue weighted by molar-refractivity contribution is 0.0733. The number of allylic oxidation sites excluding steroid dienone is 2. The minimum absolute atomic E-state index is 0.0380. The zero-order valence-corrected chi connectivity index (χ0v) is 17.2. The highest BCUT2D eigenvalue weighted by Gasteiger charge is 2.10. The van der Waals surface area contributed by atoms with Crippen molar-refractivity contribution in [2.75, 3.05) is 6.79 Å². The van der Waals surface area contributed by atoms with E-state index in [1.165, 1.54) is 24.3 Å². The van der Waals surface area contributed by atoms with Crippen LogP contribution in [0.3, 0.4) is 0 Å². The summed E-state index contributed by atoms with van der Waals surface area (Å²) in [6.45, 7) is 6.84. The molecule has 0 saturated heterocycles. The molecule has 3 aromatic carbocycles. The molecule has 0 N–H and O–H groups in total. The molecule has 0 spiro atoms. The Balaban J connectivity index is 1.49. The van der Waals surface area contributed by atoms with Crippen molar-refractivity contribution in [2.45, 2.75) is 0 Å². The van der Waals surface area contributed by atoms with Crippen LogP contribution in [0.2, 0.25) is 0 Å². The van der Waals surface area contributed by atoms with Crippen molar-refractivity contribution in [3.63, 3.8) is 0 Å². The van der Waals surface area contributed by atoms with E-state index < -0.39 is 5.97 Å². The highest BCUT2D eigenvalue weighted by atomic mass is 16.7. The van der Waals surface area contributed by atoms with Crippen LogP contribution in [-0.2, 0) is 0 Å². The Bertz CT molecular complexity index is 1130. The van der Waals surface area contributed by atoms with Gasteiger partial charge in [-0.25, -0.2) is 4.79 Å². The van der Waals surface area contributed by atoms with Crippen LogP contribution in [0.4, 0.5) is 0 Å². The molecule has 0 aliphatic heterocycles. The number of hydrogen-bond acceptors (Lipinski definition) is 6. The Hall–Kier alpha value is -4.45. The first-order valence-corrected chi connectivity index (χ1v) is 9.61. The number of carbonyl (C=O) groups is 3. The standard InChI is InChI=1S/C26H20O6/c1-3-24(27)18-5-7-20(8-6-18)26(29)32-23-15-13-22(14-16-23)31-17-30-21-11-9-19(10-12-21)25(28)4-2/h3-16H,1-2,17H2. The third-order valence-corrected chi connectivity index (χ3v) is 4.40. The molecule has 6 heteroatoms. The highest BCUT2D eigenvalue weighted by Crippen LogP contribution is 2.20. The second-order valence-corrected chi connectivity index (χ2v) is 6.51. The maximum atomic E-state index is 12.3. The van der Waals surface area contributed by atoms with Gasteiger partial charge in [0.25, 0.3) is 0 Å². The van der Waals surface area contributed by atoms with Crippen molar-refractivity contribution in [1.29, 1.82) is 0 Å². The summed E-state index contributed by atoms with van der Waals surface area (Å²) in [7, 11) is 0. The second-order valence-electron chi connectivity index (χ2n) is 6.51. The topological polar surface area (TPSA) is 78.9 Å². The molecule has 0 aliphatic rings. The maximum absolute atomic E-state index is 12.3. The summed E-state index contributed by atoms with van der Waals surface area (Å²) in [5.74, 6) is 0.500. The molecule has 0 bridgehead atoms. The third-order valence-electron chi connectivity index (χ3n) is 4.40. The Morgan fingerprint density at radius 1 is 0.594 bits per heavy atom. The maximum Gasteiger partial charge on any atom is 0.343 e. The van der Waals surface area contributed by atoms with Crippen molar-refractivity contribution in [1.82, 2.24) is 0 Å². The van der Waals surface area contributed by atoms with Crippen LogP contribution in [0.5, 0.6) is 17.2 Å². The predicted octanol–water partition coefficient (Wildman–Crippen LogP) is 5.06. The zero-order chi connectivity index (χ0) is 22.9. The SMILES string of the molecule is C=CC(=O)c1ccc(OCOc2ccc(OC(=O)c3ccc(C(=O)C=C)cc3)cc2)cc1. The van der Waals surface area contributed by atoms with Gasteiger partial charge in [-0.15, -0.1) is 0 Å². The van der Waals surface area contributed by atoms with Crippen molar-refractivity contribution in [3.8, 4) is 17.2 Å². The summed E-state index contributed by atoms with van der Waals surface area (Å²) in [6, 6.07) is 19.2. The summed E-state index contributed by atoms with van der Waals surface area (Å²) in [5, 5.41) is 0. The second kappa shape index (κ2) is 10.5. The number of benzene rings is 3. The molecule has 0 unspecified atom stereocenters. The first kappa shape index (κ1) is 22.2. The largest absolute Gasteiger partial charge is 0.458 e. The summed E-state index contributed by atoms with van der Waals surface area (Å²) in [4.78, 5) is 35.3. The van der Waals surface area contributed by atoms with E-state index in [2.05, 4.69) is 13.2 Å². The average Bonchev–Trinajstić information content (AvgIpc) is 2.84. The Kier molecular flexibility index (Phi) is 7.33. The normalized spacial score (nSPS) is 10.0. The van der Waals surface area contributed by atoms with Crippen LogP contribution in [-0.4, -0.2) is 24.3 Å². The Morgan fingerprint density at radius 2 is 0.969 bits per heavy atom. The van der Waals surface area contributed by atoms with E-state index in [0.29, 0.717) is 33.9 Å². The van der Waals surface area contributed by atoms with E-state index in [4.69, 9.17) is 14.2 Å². The first-order chi connectivity index (χ1) is 15.5. The molecule has 0 fully saturated rings. The third kappa shape index (κ3) is 5.79. The minimum atomic E-state index is -0.544. The van der Waals surface area contributed by atoms with Gasteiger partial charge in [0.05, 0.1) is 5.56 Å². The molecule has 0 atom stereocenters. The number of ketones is 2. The molecule has 3 aromatic rings. The molecule has 6 nitrogen and oxygen atoms in total. The molecule has 0 aromatic heterocycles. The molecular formula is C26H20O6. The quantitative estimate of drug-likeness (QED) is 0.148. The number of esters is 1.